The minimum Gasteiger partial charge on any atom is -0.506 e. The van der Waals surface area contributed by atoms with Crippen LogP contribution < -0.4 is 24.3 Å². The Kier molecular flexibility index (Phi) is 27.2. The van der Waals surface area contributed by atoms with Gasteiger partial charge in [-0.25, -0.2) is 19.9 Å². The lowest BCUT2D eigenvalue weighted by Crippen LogP contribution is -2.31. The number of aromatic nitrogens is 8. The first-order valence-electron chi connectivity index (χ1n) is 36.3. The second-order valence-corrected chi connectivity index (χ2v) is 32.3. The second kappa shape index (κ2) is 36.7. The Morgan fingerprint density at radius 3 is 1.16 bits per heavy atom. The van der Waals surface area contributed by atoms with Gasteiger partial charge in [0.1, 0.15) is 93.8 Å². The molecule has 2 aliphatic heterocycles. The smallest absolute Gasteiger partial charge is 0.297 e. The predicted octanol–water partition coefficient (Wildman–Crippen LogP) is 20.6. The minimum absolute atomic E-state index is 0.0232. The number of hydrogen-bond acceptors (Lipinski definition) is 14. The van der Waals surface area contributed by atoms with Gasteiger partial charge in [0, 0.05) is 101 Å². The summed E-state index contributed by atoms with van der Waals surface area (Å²) in [7, 11) is 9.52. The van der Waals surface area contributed by atoms with Crippen LogP contribution in [-0.4, -0.2) is 102 Å². The van der Waals surface area contributed by atoms with E-state index in [1.54, 1.807) is 19.2 Å². The van der Waals surface area contributed by atoms with E-state index in [2.05, 4.69) is 174 Å². The van der Waals surface area contributed by atoms with Crippen LogP contribution in [0.5, 0.6) is 28.7 Å². The van der Waals surface area contributed by atoms with Gasteiger partial charge >= 0.3 is 0 Å². The maximum Gasteiger partial charge on any atom is 0.297 e. The van der Waals surface area contributed by atoms with Gasteiger partial charge < -0.3 is 57.4 Å². The number of nitro groups is 1. The van der Waals surface area contributed by atoms with Crippen molar-refractivity contribution in [3.8, 4) is 28.7 Å². The van der Waals surface area contributed by atoms with Crippen LogP contribution >= 0.6 is 79.6 Å². The van der Waals surface area contributed by atoms with E-state index in [-0.39, 0.29) is 59.4 Å². The summed E-state index contributed by atoms with van der Waals surface area (Å²) in [5.74, 6) is 7.57. The third kappa shape index (κ3) is 19.7. The number of likely N-dealkylation sites (tertiary alicyclic amines) is 2. The van der Waals surface area contributed by atoms with E-state index in [9.17, 15) is 24.8 Å². The monoisotopic (exact) mass is 1820 g/mol. The van der Waals surface area contributed by atoms with Crippen molar-refractivity contribution in [1.82, 2.24) is 48.0 Å². The molecule has 111 heavy (non-hydrogen) atoms. The summed E-state index contributed by atoms with van der Waals surface area (Å²) in [4.78, 5) is 58.1. The molecule has 0 unspecified atom stereocenters. The standard InChI is InChI=1S/2C23H26BrN3O2.C16H15BrN2O.C14H13BrN2O3.C9H9BrN2O/c2*1-14(17-8-6-5-7-9-17)27-13-18(10-22(27)28)15(2)29-21-12-19(24)11-20-23(21)26(4)16(3)25-20;1-11-18-14-8-13(17)9-15(16(14)19(11)2)20-10-12-6-4-3-5-7-12;1-16-14-12(17(18)19)7-11(15)8-13(14)20-9-10-5-3-2-4-6-10;1-5-11-7-3-6(10)4-8(13)9(7)12(5)2/h2*5-9,11-12,14-15,18H,10,13H2,1-4H3;3-9H,10H2,1-2H3;2-8,16H,9H2,1H3;3-4,13H,1-2H3/t2*14-,15-,18-;;;/m11.../s1. The molecule has 0 spiro atoms. The molecule has 2 aliphatic rings. The molecule has 2 fully saturated rings. The van der Waals surface area contributed by atoms with Crippen molar-refractivity contribution in [2.75, 3.05) is 25.5 Å². The maximum absolute atomic E-state index is 12.7. The fourth-order valence-corrected chi connectivity index (χ4v) is 15.9. The van der Waals surface area contributed by atoms with E-state index in [1.165, 1.54) is 6.07 Å². The summed E-state index contributed by atoms with van der Waals surface area (Å²) in [6.45, 7) is 18.5. The molecule has 0 bridgehead atoms. The molecule has 2 saturated heterocycles. The van der Waals surface area contributed by atoms with Crippen molar-refractivity contribution in [2.24, 2.45) is 40.0 Å². The molecule has 4 aromatic heterocycles. The summed E-state index contributed by atoms with van der Waals surface area (Å²) in [6.07, 6.45) is 0.860. The van der Waals surface area contributed by atoms with Crippen molar-refractivity contribution in [1.29, 1.82) is 0 Å². The summed E-state index contributed by atoms with van der Waals surface area (Å²) < 4.78 is 36.8. The highest BCUT2D eigenvalue weighted by molar-refractivity contribution is 9.11. The SMILES string of the molecule is CNc1c(OCc2ccccc2)cc(Br)cc1[N+](=O)[O-].Cc1nc2cc(Br)cc(O)c2n1C.Cc1nc2cc(Br)cc(OCc3ccccc3)c2n1C.Cc1nc2cc(Br)cc(O[C@H](C)[C@@H]3CC(=O)N([C@H](C)c4ccccc4)C3)c2n1C.Cc1nc2cc(Br)cc(O[C@H](C)[C@@H]3CC(=O)N([C@H](C)c4ccccc4)C3)c2n1C. The van der Waals surface area contributed by atoms with Gasteiger partial charge in [0.2, 0.25) is 11.8 Å². The topological polar surface area (TPSA) is 224 Å². The number of carbonyl (C=O) groups excluding carboxylic acids is 2. The quantitative estimate of drug-likeness (QED) is 0.0602. The molecular weight excluding hydrogens is 1730 g/mol. The molecule has 13 aromatic rings. The highest BCUT2D eigenvalue weighted by Gasteiger charge is 2.39. The van der Waals surface area contributed by atoms with Gasteiger partial charge in [0.25, 0.3) is 5.69 Å². The molecule has 6 heterocycles. The highest BCUT2D eigenvalue weighted by Crippen LogP contribution is 2.41. The lowest BCUT2D eigenvalue weighted by atomic mass is 10.0. The number of imidazole rings is 4. The number of hydrogen-bond donors (Lipinski definition) is 2. The summed E-state index contributed by atoms with van der Waals surface area (Å²) in [5.41, 5.74) is 12.2. The Bertz CT molecular complexity index is 5300. The molecule has 26 heteroatoms. The zero-order valence-electron chi connectivity index (χ0n) is 64.0. The van der Waals surface area contributed by atoms with Crippen molar-refractivity contribution in [3.05, 3.63) is 260 Å². The van der Waals surface area contributed by atoms with Gasteiger partial charge in [-0.2, -0.15) is 0 Å². The van der Waals surface area contributed by atoms with Crippen molar-refractivity contribution in [3.63, 3.8) is 0 Å². The third-order valence-electron chi connectivity index (χ3n) is 20.3. The van der Waals surface area contributed by atoms with Crippen LogP contribution in [0.3, 0.4) is 0 Å². The molecular formula is C85H89Br5N12O9. The first kappa shape index (κ1) is 82.4. The van der Waals surface area contributed by atoms with Gasteiger partial charge in [-0.3, -0.25) is 19.7 Å². The van der Waals surface area contributed by atoms with Crippen LogP contribution in [0.25, 0.3) is 44.1 Å². The Hall–Kier alpha value is -9.60. The number of anilines is 1. The van der Waals surface area contributed by atoms with E-state index in [4.69, 9.17) is 18.9 Å². The fraction of sp³-hybridized carbons (Fsp3) is 0.294. The van der Waals surface area contributed by atoms with Crippen LogP contribution in [0.1, 0.15) is 98.2 Å². The average Bonchev–Trinajstić information content (AvgIpc) is 1.62. The van der Waals surface area contributed by atoms with Gasteiger partial charge in [0.15, 0.2) is 11.4 Å². The normalized spacial score (nSPS) is 15.0. The number of nitro benzene ring substituents is 1. The van der Waals surface area contributed by atoms with Gasteiger partial charge in [-0.1, -0.05) is 201 Å². The number of carbonyl (C=O) groups is 2. The Morgan fingerprint density at radius 1 is 0.468 bits per heavy atom. The van der Waals surface area contributed by atoms with Gasteiger partial charge in [0.05, 0.1) is 39.1 Å². The maximum atomic E-state index is 12.7. The number of aromatic hydroxyl groups is 1. The Labute approximate surface area is 688 Å². The first-order valence-corrected chi connectivity index (χ1v) is 40.2. The molecule has 2 amide bonds. The van der Waals surface area contributed by atoms with Gasteiger partial charge in [-0.15, -0.1) is 0 Å². The molecule has 0 radical (unpaired) electrons. The number of amides is 2. The molecule has 578 valence electrons. The molecule has 9 aromatic carbocycles. The number of nitrogens with one attached hydrogen (secondary N) is 1. The van der Waals surface area contributed by atoms with E-state index in [1.807, 2.05) is 207 Å². The zero-order chi connectivity index (χ0) is 79.6. The predicted molar refractivity (Wildman–Crippen MR) is 456 cm³/mol. The molecule has 0 saturated carbocycles. The molecule has 2 N–H and O–H groups in total. The largest absolute Gasteiger partial charge is 0.506 e. The van der Waals surface area contributed by atoms with E-state index < -0.39 is 4.92 Å². The summed E-state index contributed by atoms with van der Waals surface area (Å²) in [6, 6.07) is 59.0. The van der Waals surface area contributed by atoms with Crippen molar-refractivity contribution < 1.29 is 38.6 Å². The third-order valence-corrected chi connectivity index (χ3v) is 22.6. The van der Waals surface area contributed by atoms with E-state index >= 15 is 0 Å². The van der Waals surface area contributed by atoms with Crippen LogP contribution in [0.4, 0.5) is 11.4 Å². The van der Waals surface area contributed by atoms with Gasteiger partial charge in [-0.05, 0) is 132 Å². The van der Waals surface area contributed by atoms with E-state index in [0.717, 1.165) is 125 Å². The number of aryl methyl sites for hydroxylation is 8. The molecule has 0 aliphatic carbocycles. The van der Waals surface area contributed by atoms with Crippen LogP contribution in [0.15, 0.2) is 204 Å². The number of benzene rings is 9. The van der Waals surface area contributed by atoms with E-state index in [0.29, 0.717) is 55.1 Å². The number of rotatable bonds is 18. The number of ether oxygens (including phenoxy) is 4. The van der Waals surface area contributed by atoms with Crippen LogP contribution in [0.2, 0.25) is 0 Å². The average molecular weight is 1820 g/mol. The van der Waals surface area contributed by atoms with Crippen LogP contribution in [-0.2, 0) is 51.0 Å². The molecule has 15 rings (SSSR count). The lowest BCUT2D eigenvalue weighted by Gasteiger charge is -2.26. The number of nitrogens with zero attached hydrogens (tertiary/aromatic N) is 11. The Morgan fingerprint density at radius 2 is 0.784 bits per heavy atom. The first-order chi connectivity index (χ1) is 53.0. The lowest BCUT2D eigenvalue weighted by molar-refractivity contribution is -0.384. The molecule has 6 atom stereocenters. The fourth-order valence-electron chi connectivity index (χ4n) is 13.7. The molecule has 21 nitrogen and oxygen atoms in total. The van der Waals surface area contributed by atoms with Crippen LogP contribution in [0, 0.1) is 49.6 Å². The highest BCUT2D eigenvalue weighted by atomic mass is 79.9. The van der Waals surface area contributed by atoms with Crippen molar-refractivity contribution in [2.45, 2.75) is 106 Å². The Balaban J connectivity index is 0.000000141. The number of phenols is 1. The number of halogens is 5. The minimum atomic E-state index is -0.439. The zero-order valence-corrected chi connectivity index (χ0v) is 72.0. The van der Waals surface area contributed by atoms with Crippen molar-refractivity contribution >= 4 is 147 Å². The summed E-state index contributed by atoms with van der Waals surface area (Å²) >= 11 is 17.2. The second-order valence-electron chi connectivity index (χ2n) is 27.7. The number of phenolic OH excluding ortho intramolecular Hbond substituents is 1. The number of fused-ring (bicyclic) bond motifs is 4. The summed E-state index contributed by atoms with van der Waals surface area (Å²) in [5, 5.41) is 23.5.